The van der Waals surface area contributed by atoms with Crippen LogP contribution < -0.4 is 10.2 Å². The van der Waals surface area contributed by atoms with Crippen molar-refractivity contribution in [3.05, 3.63) is 53.6 Å². The summed E-state index contributed by atoms with van der Waals surface area (Å²) < 4.78 is 0. The highest BCUT2D eigenvalue weighted by Crippen LogP contribution is 2.29. The van der Waals surface area contributed by atoms with Crippen molar-refractivity contribution in [2.45, 2.75) is 26.3 Å². The van der Waals surface area contributed by atoms with E-state index < -0.39 is 11.9 Å². The van der Waals surface area contributed by atoms with Gasteiger partial charge in [0.2, 0.25) is 0 Å². The van der Waals surface area contributed by atoms with Gasteiger partial charge in [0, 0.05) is 12.6 Å². The third-order valence-electron chi connectivity index (χ3n) is 3.73. The van der Waals surface area contributed by atoms with E-state index in [1.54, 1.807) is 5.57 Å². The maximum Gasteiger partial charge on any atom is 0.0643 e. The Morgan fingerprint density at radius 2 is 1.65 bits per heavy atom. The molecule has 1 heterocycles. The Balaban J connectivity index is 0.000000284. The molecule has 0 aromatic heterocycles. The molecule has 0 saturated heterocycles. The van der Waals surface area contributed by atoms with Gasteiger partial charge in [0.15, 0.2) is 0 Å². The Hall–Kier alpha value is -2.40. The summed E-state index contributed by atoms with van der Waals surface area (Å²) in [7, 11) is 2.20. The van der Waals surface area contributed by atoms with Crippen molar-refractivity contribution >= 4 is 17.5 Å². The Kier molecular flexibility index (Phi) is 7.22. The summed E-state index contributed by atoms with van der Waals surface area (Å²) in [5.41, 5.74) is 4.46. The predicted octanol–water partition coefficient (Wildman–Crippen LogP) is 0.226. The summed E-state index contributed by atoms with van der Waals surface area (Å²) in [6.45, 7) is 5.66. The highest BCUT2D eigenvalue weighted by Gasteiger charge is 2.20. The molecule has 1 aliphatic heterocycles. The molecule has 1 unspecified atom stereocenters. The van der Waals surface area contributed by atoms with Crippen LogP contribution >= 0.6 is 0 Å². The number of carboxylic acid groups (broad SMARTS) is 2. The van der Waals surface area contributed by atoms with Gasteiger partial charge in [-0.1, -0.05) is 35.9 Å². The van der Waals surface area contributed by atoms with Gasteiger partial charge < -0.3 is 19.8 Å². The summed E-state index contributed by atoms with van der Waals surface area (Å²) in [5.74, 6) is -3.09. The molecule has 5 nitrogen and oxygen atoms in total. The van der Waals surface area contributed by atoms with Crippen molar-refractivity contribution in [1.29, 1.82) is 0 Å². The number of nitrogens with zero attached hydrogens (tertiary/aromatic N) is 1. The van der Waals surface area contributed by atoms with Gasteiger partial charge in [-0.25, -0.2) is 0 Å². The molecule has 2 rings (SSSR count). The van der Waals surface area contributed by atoms with E-state index in [2.05, 4.69) is 56.1 Å². The summed E-state index contributed by atoms with van der Waals surface area (Å²) in [4.78, 5) is 21.2. The lowest BCUT2D eigenvalue weighted by atomic mass is 9.91. The lowest BCUT2D eigenvalue weighted by Crippen LogP contribution is -2.34. The largest absolute Gasteiger partial charge is 0.545 e. The minimum Gasteiger partial charge on any atom is -0.545 e. The van der Waals surface area contributed by atoms with E-state index in [1.165, 1.54) is 17.6 Å². The maximum atomic E-state index is 9.41. The minimum atomic E-state index is -1.55. The van der Waals surface area contributed by atoms with E-state index in [0.29, 0.717) is 18.2 Å². The zero-order valence-electron chi connectivity index (χ0n) is 13.6. The van der Waals surface area contributed by atoms with Gasteiger partial charge in [-0.05, 0) is 50.6 Å². The molecule has 0 fully saturated rings. The third-order valence-corrected chi connectivity index (χ3v) is 3.73. The van der Waals surface area contributed by atoms with Gasteiger partial charge in [-0.2, -0.15) is 0 Å². The van der Waals surface area contributed by atoms with Crippen molar-refractivity contribution in [3.8, 4) is 0 Å². The van der Waals surface area contributed by atoms with E-state index >= 15 is 0 Å². The molecule has 0 radical (unpaired) electrons. The molecule has 23 heavy (non-hydrogen) atoms. The van der Waals surface area contributed by atoms with Crippen LogP contribution in [0, 0.1) is 0 Å². The molecule has 0 bridgehead atoms. The number of carbonyl (C=O) groups is 2. The van der Waals surface area contributed by atoms with Crippen LogP contribution in [0.15, 0.2) is 48.1 Å². The van der Waals surface area contributed by atoms with Gasteiger partial charge in [0.25, 0.3) is 0 Å². The van der Waals surface area contributed by atoms with Crippen LogP contribution in [0.25, 0.3) is 5.57 Å². The van der Waals surface area contributed by atoms with Crippen molar-refractivity contribution in [2.75, 3.05) is 13.6 Å². The van der Waals surface area contributed by atoms with Gasteiger partial charge >= 0.3 is 0 Å². The molecule has 0 aliphatic carbocycles. The number of benzene rings is 1. The fourth-order valence-electron chi connectivity index (χ4n) is 2.39. The molecule has 0 spiro atoms. The topological polar surface area (TPSA) is 83.5 Å². The predicted molar refractivity (Wildman–Crippen MR) is 84.9 cm³/mol. The van der Waals surface area contributed by atoms with Crippen molar-refractivity contribution in [2.24, 2.45) is 0 Å². The molecular formula is C18H21NO4-2. The number of hydrogen-bond acceptors (Lipinski definition) is 5. The first-order valence-electron chi connectivity index (χ1n) is 7.35. The zero-order chi connectivity index (χ0) is 17.4. The molecule has 124 valence electrons. The van der Waals surface area contributed by atoms with Crippen LogP contribution in [0.3, 0.4) is 0 Å². The molecule has 0 N–H and O–H groups in total. The molecular weight excluding hydrogens is 294 g/mol. The van der Waals surface area contributed by atoms with Crippen molar-refractivity contribution in [3.63, 3.8) is 0 Å². The second-order valence-corrected chi connectivity index (χ2v) is 5.56. The monoisotopic (exact) mass is 315 g/mol. The molecule has 1 atom stereocenters. The van der Waals surface area contributed by atoms with E-state index in [1.807, 2.05) is 0 Å². The van der Waals surface area contributed by atoms with Crippen LogP contribution in [0.4, 0.5) is 0 Å². The van der Waals surface area contributed by atoms with E-state index in [4.69, 9.17) is 0 Å². The molecule has 1 aliphatic rings. The molecule has 1 aromatic rings. The average molecular weight is 315 g/mol. The maximum absolute atomic E-state index is 9.41. The van der Waals surface area contributed by atoms with E-state index in [-0.39, 0.29) is 0 Å². The number of carbonyl (C=O) groups excluding carboxylic acids is 2. The normalized spacial score (nSPS) is 18.5. The zero-order valence-corrected chi connectivity index (χ0v) is 13.6. The van der Waals surface area contributed by atoms with Crippen LogP contribution in [0.1, 0.15) is 25.8 Å². The fourth-order valence-corrected chi connectivity index (χ4v) is 2.39. The number of carboxylic acids is 2. The second-order valence-electron chi connectivity index (χ2n) is 5.56. The smallest absolute Gasteiger partial charge is 0.0643 e. The Morgan fingerprint density at radius 1 is 1.13 bits per heavy atom. The lowest BCUT2D eigenvalue weighted by molar-refractivity contribution is -0.301. The number of likely N-dealkylation sites (N-methyl/N-ethyl adjacent to an activating group) is 1. The van der Waals surface area contributed by atoms with Crippen molar-refractivity contribution in [1.82, 2.24) is 4.90 Å². The third kappa shape index (κ3) is 6.48. The Labute approximate surface area is 136 Å². The first-order valence-corrected chi connectivity index (χ1v) is 7.35. The van der Waals surface area contributed by atoms with Crippen molar-refractivity contribution < 1.29 is 19.8 Å². The summed E-state index contributed by atoms with van der Waals surface area (Å²) in [5, 5.41) is 18.8. The Morgan fingerprint density at radius 3 is 2.13 bits per heavy atom. The summed E-state index contributed by atoms with van der Waals surface area (Å²) >= 11 is 0. The van der Waals surface area contributed by atoms with Crippen LogP contribution in [0.5, 0.6) is 0 Å². The lowest BCUT2D eigenvalue weighted by Gasteiger charge is -2.32. The van der Waals surface area contributed by atoms with Gasteiger partial charge in [0.05, 0.1) is 11.9 Å². The fraction of sp³-hybridized carbons (Fsp3) is 0.333. The number of aliphatic carboxylic acids is 2. The minimum absolute atomic E-state index is 0.384. The molecule has 5 heteroatoms. The number of rotatable bonds is 3. The van der Waals surface area contributed by atoms with Crippen LogP contribution in [0.2, 0.25) is 0 Å². The summed E-state index contributed by atoms with van der Waals surface area (Å²) in [6.07, 6.45) is 1.94. The van der Waals surface area contributed by atoms with Gasteiger partial charge in [-0.15, -0.1) is 0 Å². The van der Waals surface area contributed by atoms with E-state index in [0.717, 1.165) is 6.54 Å². The standard InChI is InChI=1S/C14H19N.C4H4O4/c1-11-10-15(3)12(2)9-14(11)13-7-5-4-6-8-13;5-3(6)1-2-4(7)8/h4-8,12H,9-10H2,1-3H3;1-2H,(H,5,6)(H,7,8)/p-2/b;2-1+. The molecule has 0 amide bonds. The number of hydrogen-bond donors (Lipinski definition) is 0. The molecule has 1 aromatic carbocycles. The van der Waals surface area contributed by atoms with Gasteiger partial charge in [0.1, 0.15) is 0 Å². The summed E-state index contributed by atoms with van der Waals surface area (Å²) in [6, 6.07) is 11.4. The van der Waals surface area contributed by atoms with Crippen LogP contribution in [-0.4, -0.2) is 36.5 Å². The highest BCUT2D eigenvalue weighted by atomic mass is 16.4. The Bertz CT molecular complexity index is 589. The average Bonchev–Trinajstić information content (AvgIpc) is 2.50. The van der Waals surface area contributed by atoms with E-state index in [9.17, 15) is 19.8 Å². The first kappa shape index (κ1) is 18.6. The molecule has 0 saturated carbocycles. The van der Waals surface area contributed by atoms with Gasteiger partial charge in [-0.3, -0.25) is 4.90 Å². The highest BCUT2D eigenvalue weighted by molar-refractivity contribution is 5.87. The van der Waals surface area contributed by atoms with Crippen LogP contribution in [-0.2, 0) is 9.59 Å². The first-order chi connectivity index (χ1) is 10.8. The SMILES string of the molecule is CC1=C(c2ccccc2)CC(C)N(C)C1.O=C([O-])/C=C/C(=O)[O-]. The quantitative estimate of drug-likeness (QED) is 0.746. The second kappa shape index (κ2) is 8.90.